The van der Waals surface area contributed by atoms with Crippen molar-refractivity contribution >= 4 is 11.7 Å². The molecule has 2 aliphatic rings. The fraction of sp³-hybridized carbons (Fsp3) is 0.385. The molecule has 7 heteroatoms. The molecule has 5 rings (SSSR count). The topological polar surface area (TPSA) is 68.6 Å². The van der Waals surface area contributed by atoms with Crippen molar-refractivity contribution in [3.63, 3.8) is 0 Å². The quantitative estimate of drug-likeness (QED) is 0.628. The Morgan fingerprint density at radius 3 is 2.64 bits per heavy atom. The van der Waals surface area contributed by atoms with E-state index in [9.17, 15) is 4.79 Å². The van der Waals surface area contributed by atoms with Crippen molar-refractivity contribution in [3.05, 3.63) is 65.4 Å². The number of likely N-dealkylation sites (tertiary alicyclic amines) is 1. The van der Waals surface area contributed by atoms with Crippen LogP contribution in [0, 0.1) is 13.8 Å². The lowest BCUT2D eigenvalue weighted by molar-refractivity contribution is -0.117. The second-order valence-electron chi connectivity index (χ2n) is 8.85. The van der Waals surface area contributed by atoms with E-state index in [2.05, 4.69) is 34.4 Å². The van der Waals surface area contributed by atoms with Crippen molar-refractivity contribution in [2.45, 2.75) is 39.2 Å². The van der Waals surface area contributed by atoms with Gasteiger partial charge in [-0.2, -0.15) is 5.10 Å². The highest BCUT2D eigenvalue weighted by atomic mass is 16.5. The van der Waals surface area contributed by atoms with Gasteiger partial charge >= 0.3 is 0 Å². The lowest BCUT2D eigenvalue weighted by Gasteiger charge is -2.25. The Labute approximate surface area is 194 Å². The Bertz CT molecular complexity index is 1140. The number of nitrogens with zero attached hydrogens (tertiary/aromatic N) is 3. The smallest absolute Gasteiger partial charge is 0.239 e. The third kappa shape index (κ3) is 4.73. The van der Waals surface area contributed by atoms with E-state index in [1.165, 1.54) is 11.1 Å². The van der Waals surface area contributed by atoms with Crippen molar-refractivity contribution in [1.82, 2.24) is 14.7 Å². The van der Waals surface area contributed by atoms with Gasteiger partial charge in [0, 0.05) is 18.5 Å². The SMILES string of the molecule is Cc1ccc(-n2nc(C)cc2NC(=O)CN2CCC[C@H]2c2ccc3c(c2)OCCCO3)cc1. The Morgan fingerprint density at radius 1 is 1.03 bits per heavy atom. The van der Waals surface area contributed by atoms with Gasteiger partial charge in [0.1, 0.15) is 5.82 Å². The summed E-state index contributed by atoms with van der Waals surface area (Å²) in [6.45, 7) is 6.56. The highest BCUT2D eigenvalue weighted by Crippen LogP contribution is 2.37. The molecule has 1 fully saturated rings. The second-order valence-corrected chi connectivity index (χ2v) is 8.85. The van der Waals surface area contributed by atoms with Gasteiger partial charge in [-0.05, 0) is 63.1 Å². The summed E-state index contributed by atoms with van der Waals surface area (Å²) in [7, 11) is 0. The molecule has 33 heavy (non-hydrogen) atoms. The standard InChI is InChI=1S/C26H30N4O3/c1-18-6-9-21(10-7-18)30-25(15-19(2)28-30)27-26(31)17-29-12-3-5-22(29)20-8-11-23-24(16-20)33-14-4-13-32-23/h6-11,15-16,22H,3-5,12-14,17H2,1-2H3,(H,27,31)/t22-/m0/s1. The molecular formula is C26H30N4O3. The van der Waals surface area contributed by atoms with Crippen LogP contribution in [0.2, 0.25) is 0 Å². The summed E-state index contributed by atoms with van der Waals surface area (Å²) < 4.78 is 13.4. The number of benzene rings is 2. The van der Waals surface area contributed by atoms with Crippen molar-refractivity contribution < 1.29 is 14.3 Å². The van der Waals surface area contributed by atoms with E-state index in [1.807, 2.05) is 43.3 Å². The highest BCUT2D eigenvalue weighted by Gasteiger charge is 2.29. The van der Waals surface area contributed by atoms with E-state index in [-0.39, 0.29) is 11.9 Å². The van der Waals surface area contributed by atoms with E-state index in [1.54, 1.807) is 4.68 Å². The van der Waals surface area contributed by atoms with Crippen LogP contribution in [0.3, 0.4) is 0 Å². The van der Waals surface area contributed by atoms with E-state index in [4.69, 9.17) is 9.47 Å². The summed E-state index contributed by atoms with van der Waals surface area (Å²) >= 11 is 0. The molecule has 7 nitrogen and oxygen atoms in total. The van der Waals surface area contributed by atoms with E-state index in [0.717, 1.165) is 48.7 Å². The summed E-state index contributed by atoms with van der Waals surface area (Å²) in [6, 6.07) is 16.4. The van der Waals surface area contributed by atoms with Crippen LogP contribution >= 0.6 is 0 Å². The van der Waals surface area contributed by atoms with Crippen LogP contribution in [0.25, 0.3) is 5.69 Å². The van der Waals surface area contributed by atoms with E-state index >= 15 is 0 Å². The largest absolute Gasteiger partial charge is 0.490 e. The molecule has 0 radical (unpaired) electrons. The average molecular weight is 447 g/mol. The molecule has 172 valence electrons. The van der Waals surface area contributed by atoms with Crippen molar-refractivity contribution in [3.8, 4) is 17.2 Å². The maximum Gasteiger partial charge on any atom is 0.239 e. The zero-order valence-corrected chi connectivity index (χ0v) is 19.2. The van der Waals surface area contributed by atoms with E-state index in [0.29, 0.717) is 25.6 Å². The Balaban J connectivity index is 1.29. The van der Waals surface area contributed by atoms with Crippen molar-refractivity contribution in [1.29, 1.82) is 0 Å². The average Bonchev–Trinajstić information content (AvgIpc) is 3.32. The predicted octanol–water partition coefficient (Wildman–Crippen LogP) is 4.43. The van der Waals surface area contributed by atoms with Crippen LogP contribution in [0.1, 0.15) is 42.1 Å². The van der Waals surface area contributed by atoms with Gasteiger partial charge in [-0.1, -0.05) is 23.8 Å². The number of aromatic nitrogens is 2. The molecule has 1 saturated heterocycles. The predicted molar refractivity (Wildman–Crippen MR) is 127 cm³/mol. The maximum absolute atomic E-state index is 13.0. The number of fused-ring (bicyclic) bond motifs is 1. The first-order valence-electron chi connectivity index (χ1n) is 11.6. The monoisotopic (exact) mass is 446 g/mol. The first-order valence-corrected chi connectivity index (χ1v) is 11.6. The molecule has 1 atom stereocenters. The number of anilines is 1. The molecule has 3 heterocycles. The Hall–Kier alpha value is -3.32. The maximum atomic E-state index is 13.0. The molecule has 0 unspecified atom stereocenters. The molecule has 3 aromatic rings. The molecule has 2 aliphatic heterocycles. The summed E-state index contributed by atoms with van der Waals surface area (Å²) in [4.78, 5) is 15.3. The first kappa shape index (κ1) is 21.5. The molecule has 2 aromatic carbocycles. The van der Waals surface area contributed by atoms with Gasteiger partial charge in [-0.25, -0.2) is 4.68 Å². The molecular weight excluding hydrogens is 416 g/mol. The first-order chi connectivity index (χ1) is 16.1. The fourth-order valence-electron chi connectivity index (χ4n) is 4.62. The highest BCUT2D eigenvalue weighted by molar-refractivity contribution is 5.91. The van der Waals surface area contributed by atoms with Crippen molar-refractivity contribution in [2.75, 3.05) is 31.6 Å². The minimum absolute atomic E-state index is 0.0375. The van der Waals surface area contributed by atoms with Gasteiger partial charge < -0.3 is 14.8 Å². The minimum Gasteiger partial charge on any atom is -0.490 e. The van der Waals surface area contributed by atoms with Crippen LogP contribution < -0.4 is 14.8 Å². The van der Waals surface area contributed by atoms with Gasteiger partial charge in [-0.3, -0.25) is 9.69 Å². The Morgan fingerprint density at radius 2 is 1.82 bits per heavy atom. The number of carbonyl (C=O) groups is 1. The third-order valence-electron chi connectivity index (χ3n) is 6.24. The van der Waals surface area contributed by atoms with Crippen LogP contribution in [-0.2, 0) is 4.79 Å². The van der Waals surface area contributed by atoms with Crippen LogP contribution in [-0.4, -0.2) is 46.9 Å². The molecule has 0 aliphatic carbocycles. The zero-order chi connectivity index (χ0) is 22.8. The number of hydrogen-bond donors (Lipinski definition) is 1. The molecule has 0 bridgehead atoms. The lowest BCUT2D eigenvalue weighted by atomic mass is 10.0. The molecule has 0 spiro atoms. The second kappa shape index (κ2) is 9.27. The van der Waals surface area contributed by atoms with Crippen LogP contribution in [0.15, 0.2) is 48.5 Å². The molecule has 1 amide bonds. The normalized spacial score (nSPS) is 18.2. The van der Waals surface area contributed by atoms with Gasteiger partial charge in [0.15, 0.2) is 11.5 Å². The zero-order valence-electron chi connectivity index (χ0n) is 19.2. The summed E-state index contributed by atoms with van der Waals surface area (Å²) in [5.41, 5.74) is 4.14. The van der Waals surface area contributed by atoms with Crippen LogP contribution in [0.4, 0.5) is 5.82 Å². The van der Waals surface area contributed by atoms with Gasteiger partial charge in [0.05, 0.1) is 31.1 Å². The number of aryl methyl sites for hydroxylation is 2. The number of amides is 1. The number of nitrogens with one attached hydrogen (secondary N) is 1. The van der Waals surface area contributed by atoms with Crippen molar-refractivity contribution in [2.24, 2.45) is 0 Å². The lowest BCUT2D eigenvalue weighted by Crippen LogP contribution is -2.33. The van der Waals surface area contributed by atoms with Gasteiger partial charge in [-0.15, -0.1) is 0 Å². The van der Waals surface area contributed by atoms with Gasteiger partial charge in [0.2, 0.25) is 5.91 Å². The summed E-state index contributed by atoms with van der Waals surface area (Å²) in [6.07, 6.45) is 2.97. The molecule has 1 N–H and O–H groups in total. The molecule has 0 saturated carbocycles. The number of rotatable bonds is 5. The number of hydrogen-bond acceptors (Lipinski definition) is 5. The fourth-order valence-corrected chi connectivity index (χ4v) is 4.62. The summed E-state index contributed by atoms with van der Waals surface area (Å²) in [5.74, 6) is 2.26. The minimum atomic E-state index is -0.0375. The van der Waals surface area contributed by atoms with Crippen LogP contribution in [0.5, 0.6) is 11.5 Å². The third-order valence-corrected chi connectivity index (χ3v) is 6.24. The van der Waals surface area contributed by atoms with Gasteiger partial charge in [0.25, 0.3) is 0 Å². The molecule has 1 aromatic heterocycles. The Kier molecular flexibility index (Phi) is 6.05. The number of ether oxygens (including phenoxy) is 2. The number of carbonyl (C=O) groups excluding carboxylic acids is 1. The summed E-state index contributed by atoms with van der Waals surface area (Å²) in [5, 5.41) is 7.65. The van der Waals surface area contributed by atoms with E-state index < -0.39 is 0 Å².